The van der Waals surface area contributed by atoms with E-state index in [4.69, 9.17) is 4.98 Å². The molecule has 2 heterocycles. The molecular formula is C20H25N5O2S. The second-order valence-electron chi connectivity index (χ2n) is 6.61. The van der Waals surface area contributed by atoms with E-state index in [1.165, 1.54) is 0 Å². The van der Waals surface area contributed by atoms with Crippen LogP contribution in [-0.2, 0) is 11.3 Å². The van der Waals surface area contributed by atoms with Crippen molar-refractivity contribution in [3.8, 4) is 10.6 Å². The van der Waals surface area contributed by atoms with Gasteiger partial charge in [-0.25, -0.2) is 9.78 Å². The standard InChI is InChI=1S/C20H25N5O2S/c1-2-8-21-20(27)23-18(26)14-25-11-9-24(10-12-25)13-17-15-28-19(22-17)16-6-4-3-5-7-16/h2-7,15H,1,8-14H2,(H2,21,23,26,27). The van der Waals surface area contributed by atoms with E-state index in [1.807, 2.05) is 18.2 Å². The molecule has 3 amide bonds. The van der Waals surface area contributed by atoms with Crippen molar-refractivity contribution in [2.75, 3.05) is 39.3 Å². The van der Waals surface area contributed by atoms with Crippen LogP contribution in [0.25, 0.3) is 10.6 Å². The minimum Gasteiger partial charge on any atom is -0.334 e. The summed E-state index contributed by atoms with van der Waals surface area (Å²) in [5.74, 6) is -0.290. The number of carbonyl (C=O) groups is 2. The predicted molar refractivity (Wildman–Crippen MR) is 111 cm³/mol. The maximum absolute atomic E-state index is 11.9. The molecule has 1 aliphatic heterocycles. The van der Waals surface area contributed by atoms with E-state index in [-0.39, 0.29) is 12.5 Å². The summed E-state index contributed by atoms with van der Waals surface area (Å²) in [6.45, 7) is 8.20. The number of nitrogens with zero attached hydrogens (tertiary/aromatic N) is 3. The second-order valence-corrected chi connectivity index (χ2v) is 7.47. The fourth-order valence-electron chi connectivity index (χ4n) is 3.01. The van der Waals surface area contributed by atoms with Gasteiger partial charge < -0.3 is 5.32 Å². The number of nitrogens with one attached hydrogen (secondary N) is 2. The molecule has 1 aromatic heterocycles. The van der Waals surface area contributed by atoms with E-state index in [0.29, 0.717) is 6.54 Å². The fourth-order valence-corrected chi connectivity index (χ4v) is 3.82. The lowest BCUT2D eigenvalue weighted by Gasteiger charge is -2.33. The Kier molecular flexibility index (Phi) is 7.30. The lowest BCUT2D eigenvalue weighted by atomic mass is 10.2. The highest BCUT2D eigenvalue weighted by molar-refractivity contribution is 7.13. The van der Waals surface area contributed by atoms with Gasteiger partial charge in [0, 0.05) is 50.2 Å². The normalized spacial score (nSPS) is 15.1. The molecule has 0 aliphatic carbocycles. The Bertz CT molecular complexity index is 800. The summed E-state index contributed by atoms with van der Waals surface area (Å²) in [5, 5.41) is 8.02. The summed E-state index contributed by atoms with van der Waals surface area (Å²) in [6, 6.07) is 9.71. The topological polar surface area (TPSA) is 77.6 Å². The fraction of sp³-hybridized carbons (Fsp3) is 0.350. The highest BCUT2D eigenvalue weighted by Crippen LogP contribution is 2.24. The molecule has 0 radical (unpaired) electrons. The first-order valence-corrected chi connectivity index (χ1v) is 10.1. The molecule has 7 nitrogen and oxygen atoms in total. The third-order valence-corrected chi connectivity index (χ3v) is 5.39. The third-order valence-electron chi connectivity index (χ3n) is 4.45. The molecule has 1 aliphatic rings. The molecule has 0 saturated carbocycles. The van der Waals surface area contributed by atoms with E-state index < -0.39 is 6.03 Å². The number of thiazole rings is 1. The Hall–Kier alpha value is -2.55. The number of imide groups is 1. The molecular weight excluding hydrogens is 374 g/mol. The molecule has 1 aromatic carbocycles. The van der Waals surface area contributed by atoms with Crippen LogP contribution in [0.15, 0.2) is 48.4 Å². The maximum Gasteiger partial charge on any atom is 0.321 e. The van der Waals surface area contributed by atoms with Gasteiger partial charge in [0.1, 0.15) is 5.01 Å². The number of aromatic nitrogens is 1. The van der Waals surface area contributed by atoms with Gasteiger partial charge in [0.05, 0.1) is 12.2 Å². The molecule has 0 bridgehead atoms. The first kappa shape index (κ1) is 20.2. The zero-order valence-corrected chi connectivity index (χ0v) is 16.6. The SMILES string of the molecule is C=CCNC(=O)NC(=O)CN1CCN(Cc2csc(-c3ccccc3)n2)CC1. The first-order chi connectivity index (χ1) is 13.6. The summed E-state index contributed by atoms with van der Waals surface area (Å²) in [7, 11) is 0. The van der Waals surface area contributed by atoms with Gasteiger partial charge in [0.25, 0.3) is 0 Å². The van der Waals surface area contributed by atoms with Crippen molar-refractivity contribution in [2.45, 2.75) is 6.54 Å². The van der Waals surface area contributed by atoms with Crippen molar-refractivity contribution in [3.63, 3.8) is 0 Å². The van der Waals surface area contributed by atoms with Crippen LogP contribution in [0.1, 0.15) is 5.69 Å². The number of carbonyl (C=O) groups excluding carboxylic acids is 2. The van der Waals surface area contributed by atoms with Crippen molar-refractivity contribution in [1.82, 2.24) is 25.4 Å². The second kappa shape index (κ2) is 10.1. The van der Waals surface area contributed by atoms with Crippen LogP contribution in [0.2, 0.25) is 0 Å². The van der Waals surface area contributed by atoms with Crippen LogP contribution in [0.5, 0.6) is 0 Å². The molecule has 2 aromatic rings. The summed E-state index contributed by atoms with van der Waals surface area (Å²) in [4.78, 5) is 32.6. The Balaban J connectivity index is 1.41. The van der Waals surface area contributed by atoms with Crippen molar-refractivity contribution in [3.05, 3.63) is 54.1 Å². The minimum atomic E-state index is -0.485. The Morgan fingerprint density at radius 3 is 2.57 bits per heavy atom. The third kappa shape index (κ3) is 5.98. The van der Waals surface area contributed by atoms with Gasteiger partial charge in [-0.3, -0.25) is 19.9 Å². The number of hydrogen-bond acceptors (Lipinski definition) is 6. The van der Waals surface area contributed by atoms with E-state index in [0.717, 1.165) is 49.0 Å². The van der Waals surface area contributed by atoms with Gasteiger partial charge in [-0.1, -0.05) is 36.4 Å². The van der Waals surface area contributed by atoms with Gasteiger partial charge in [-0.05, 0) is 0 Å². The summed E-state index contributed by atoms with van der Waals surface area (Å²) in [6.07, 6.45) is 1.56. The smallest absolute Gasteiger partial charge is 0.321 e. The largest absolute Gasteiger partial charge is 0.334 e. The average molecular weight is 400 g/mol. The van der Waals surface area contributed by atoms with Gasteiger partial charge in [0.2, 0.25) is 5.91 Å². The number of urea groups is 1. The van der Waals surface area contributed by atoms with E-state index >= 15 is 0 Å². The Morgan fingerprint density at radius 1 is 1.14 bits per heavy atom. The zero-order valence-electron chi connectivity index (χ0n) is 15.8. The van der Waals surface area contributed by atoms with Crippen LogP contribution >= 0.6 is 11.3 Å². The van der Waals surface area contributed by atoms with Gasteiger partial charge in [-0.15, -0.1) is 17.9 Å². The molecule has 0 atom stereocenters. The molecule has 28 heavy (non-hydrogen) atoms. The Morgan fingerprint density at radius 2 is 1.86 bits per heavy atom. The van der Waals surface area contributed by atoms with Crippen molar-refractivity contribution in [2.24, 2.45) is 0 Å². The highest BCUT2D eigenvalue weighted by atomic mass is 32.1. The maximum atomic E-state index is 11.9. The zero-order chi connectivity index (χ0) is 19.8. The summed E-state index contributed by atoms with van der Waals surface area (Å²) >= 11 is 1.67. The van der Waals surface area contributed by atoms with E-state index in [2.05, 4.69) is 44.5 Å². The van der Waals surface area contributed by atoms with E-state index in [1.54, 1.807) is 17.4 Å². The number of piperazine rings is 1. The molecule has 3 rings (SSSR count). The molecule has 0 spiro atoms. The molecule has 1 saturated heterocycles. The van der Waals surface area contributed by atoms with Crippen molar-refractivity contribution < 1.29 is 9.59 Å². The molecule has 8 heteroatoms. The van der Waals surface area contributed by atoms with Crippen LogP contribution in [0, 0.1) is 0 Å². The lowest BCUT2D eigenvalue weighted by Crippen LogP contribution is -2.50. The molecule has 1 fully saturated rings. The summed E-state index contributed by atoms with van der Waals surface area (Å²) in [5.41, 5.74) is 2.22. The number of amides is 3. The lowest BCUT2D eigenvalue weighted by molar-refractivity contribution is -0.121. The minimum absolute atomic E-state index is 0.226. The van der Waals surface area contributed by atoms with Gasteiger partial charge in [-0.2, -0.15) is 0 Å². The molecule has 2 N–H and O–H groups in total. The number of benzene rings is 1. The highest BCUT2D eigenvalue weighted by Gasteiger charge is 2.20. The molecule has 148 valence electrons. The predicted octanol–water partition coefficient (Wildman–Crippen LogP) is 1.94. The van der Waals surface area contributed by atoms with Crippen LogP contribution in [0.4, 0.5) is 4.79 Å². The van der Waals surface area contributed by atoms with Crippen LogP contribution in [-0.4, -0.2) is 66.0 Å². The quantitative estimate of drug-likeness (QED) is 0.696. The molecule has 0 unspecified atom stereocenters. The van der Waals surface area contributed by atoms with Crippen molar-refractivity contribution in [1.29, 1.82) is 0 Å². The number of hydrogen-bond donors (Lipinski definition) is 2. The number of rotatable bonds is 7. The van der Waals surface area contributed by atoms with Crippen LogP contribution < -0.4 is 10.6 Å². The average Bonchev–Trinajstić information content (AvgIpc) is 3.17. The van der Waals surface area contributed by atoms with E-state index in [9.17, 15) is 9.59 Å². The van der Waals surface area contributed by atoms with Gasteiger partial charge >= 0.3 is 6.03 Å². The monoisotopic (exact) mass is 399 g/mol. The first-order valence-electron chi connectivity index (χ1n) is 9.27. The van der Waals surface area contributed by atoms with Crippen LogP contribution in [0.3, 0.4) is 0 Å². The van der Waals surface area contributed by atoms with Crippen molar-refractivity contribution >= 4 is 23.3 Å². The van der Waals surface area contributed by atoms with Gasteiger partial charge in [0.15, 0.2) is 0 Å². The summed E-state index contributed by atoms with van der Waals surface area (Å²) < 4.78 is 0. The Labute approximate surface area is 169 Å².